The number of carbonyl (C=O) groups excluding carboxylic acids is 1. The van der Waals surface area contributed by atoms with E-state index in [1.807, 2.05) is 30.3 Å². The summed E-state index contributed by atoms with van der Waals surface area (Å²) in [5, 5.41) is 12.3. The van der Waals surface area contributed by atoms with Crippen LogP contribution in [0.5, 0.6) is 0 Å². The van der Waals surface area contributed by atoms with Crippen LogP contribution in [0.1, 0.15) is 17.4 Å². The number of rotatable bonds is 7. The van der Waals surface area contributed by atoms with Gasteiger partial charge in [-0.1, -0.05) is 36.0 Å². The fourth-order valence-electron chi connectivity index (χ4n) is 2.52. The van der Waals surface area contributed by atoms with Crippen LogP contribution >= 0.6 is 39.0 Å². The predicted octanol–water partition coefficient (Wildman–Crippen LogP) is 4.51. The van der Waals surface area contributed by atoms with E-state index >= 15 is 0 Å². The van der Waals surface area contributed by atoms with Gasteiger partial charge in [0.1, 0.15) is 0 Å². The average Bonchev–Trinajstić information content (AvgIpc) is 3.24. The topological polar surface area (TPSA) is 59.8 Å². The first-order valence-corrected chi connectivity index (χ1v) is 10.8. The quantitative estimate of drug-likeness (QED) is 0.538. The maximum absolute atomic E-state index is 12.1. The summed E-state index contributed by atoms with van der Waals surface area (Å²) in [6.45, 7) is 5.42. The number of hydrogen-bond acceptors (Lipinski definition) is 5. The van der Waals surface area contributed by atoms with E-state index in [9.17, 15) is 4.79 Å². The molecule has 0 bridgehead atoms. The van der Waals surface area contributed by atoms with Crippen molar-refractivity contribution in [3.05, 3.63) is 50.6 Å². The third-order valence-corrected chi connectivity index (χ3v) is 6.43. The standard InChI is InChI=1S/C18H19BrN4OS2/c1-3-23-17(14-7-5-4-6-12(14)2)21-22-18(23)25-11-16(24)20-10-13-8-9-15(19)26-13/h4-9H,3,10-11H2,1-2H3,(H,20,24). The smallest absolute Gasteiger partial charge is 0.230 e. The second-order valence-electron chi connectivity index (χ2n) is 5.64. The van der Waals surface area contributed by atoms with E-state index in [-0.39, 0.29) is 5.91 Å². The van der Waals surface area contributed by atoms with Crippen LogP contribution in [-0.2, 0) is 17.9 Å². The van der Waals surface area contributed by atoms with Gasteiger partial charge >= 0.3 is 0 Å². The Morgan fingerprint density at radius 3 is 2.77 bits per heavy atom. The number of nitrogens with one attached hydrogen (secondary N) is 1. The molecule has 0 aliphatic heterocycles. The molecule has 0 saturated carbocycles. The van der Waals surface area contributed by atoms with Crippen molar-refractivity contribution in [2.24, 2.45) is 0 Å². The zero-order chi connectivity index (χ0) is 18.5. The lowest BCUT2D eigenvalue weighted by Crippen LogP contribution is -2.24. The summed E-state index contributed by atoms with van der Waals surface area (Å²) < 4.78 is 3.12. The van der Waals surface area contributed by atoms with Crippen LogP contribution in [0.25, 0.3) is 11.4 Å². The molecule has 0 aliphatic rings. The lowest BCUT2D eigenvalue weighted by atomic mass is 10.1. The Morgan fingerprint density at radius 1 is 1.27 bits per heavy atom. The fourth-order valence-corrected chi connectivity index (χ4v) is 4.77. The van der Waals surface area contributed by atoms with Crippen LogP contribution in [0.3, 0.4) is 0 Å². The van der Waals surface area contributed by atoms with Crippen molar-refractivity contribution in [2.45, 2.75) is 32.1 Å². The SMILES string of the molecule is CCn1c(SCC(=O)NCc2ccc(Br)s2)nnc1-c1ccccc1C. The molecule has 26 heavy (non-hydrogen) atoms. The van der Waals surface area contributed by atoms with Crippen LogP contribution in [0.4, 0.5) is 0 Å². The zero-order valence-corrected chi connectivity index (χ0v) is 17.7. The normalized spacial score (nSPS) is 10.9. The summed E-state index contributed by atoms with van der Waals surface area (Å²) in [5.41, 5.74) is 2.23. The molecule has 0 unspecified atom stereocenters. The number of nitrogens with zero attached hydrogens (tertiary/aromatic N) is 3. The monoisotopic (exact) mass is 450 g/mol. The number of thioether (sulfide) groups is 1. The van der Waals surface area contributed by atoms with Gasteiger partial charge in [0.15, 0.2) is 11.0 Å². The van der Waals surface area contributed by atoms with Crippen molar-refractivity contribution >= 4 is 44.9 Å². The minimum Gasteiger partial charge on any atom is -0.350 e. The molecule has 3 aromatic rings. The van der Waals surface area contributed by atoms with E-state index in [1.165, 1.54) is 11.8 Å². The Balaban J connectivity index is 1.63. The van der Waals surface area contributed by atoms with Crippen LogP contribution in [0, 0.1) is 6.92 Å². The summed E-state index contributed by atoms with van der Waals surface area (Å²) >= 11 is 6.46. The number of thiophene rings is 1. The Hall–Kier alpha value is -1.64. The summed E-state index contributed by atoms with van der Waals surface area (Å²) in [4.78, 5) is 13.2. The van der Waals surface area contributed by atoms with Gasteiger partial charge in [-0.15, -0.1) is 21.5 Å². The van der Waals surface area contributed by atoms with Gasteiger partial charge in [-0.25, -0.2) is 0 Å². The Morgan fingerprint density at radius 2 is 2.08 bits per heavy atom. The zero-order valence-electron chi connectivity index (χ0n) is 14.5. The second kappa shape index (κ2) is 8.83. The lowest BCUT2D eigenvalue weighted by molar-refractivity contribution is -0.118. The van der Waals surface area contributed by atoms with Gasteiger partial charge in [0, 0.05) is 17.0 Å². The minimum atomic E-state index is -0.0115. The Kier molecular flexibility index (Phi) is 6.50. The molecule has 1 amide bonds. The van der Waals surface area contributed by atoms with Gasteiger partial charge in [0.2, 0.25) is 5.91 Å². The second-order valence-corrected chi connectivity index (χ2v) is 9.13. The maximum Gasteiger partial charge on any atom is 0.230 e. The number of aromatic nitrogens is 3. The van der Waals surface area contributed by atoms with Gasteiger partial charge in [-0.05, 0) is 47.5 Å². The van der Waals surface area contributed by atoms with E-state index in [0.717, 1.165) is 37.3 Å². The fraction of sp³-hybridized carbons (Fsp3) is 0.278. The first-order chi connectivity index (χ1) is 12.6. The third-order valence-electron chi connectivity index (χ3n) is 3.84. The minimum absolute atomic E-state index is 0.0115. The van der Waals surface area contributed by atoms with Crippen molar-refractivity contribution < 1.29 is 4.79 Å². The first kappa shape index (κ1) is 19.1. The van der Waals surface area contributed by atoms with E-state index in [4.69, 9.17) is 0 Å². The summed E-state index contributed by atoms with van der Waals surface area (Å²) in [6.07, 6.45) is 0. The molecule has 2 heterocycles. The molecular weight excluding hydrogens is 432 g/mol. The molecule has 2 aromatic heterocycles. The van der Waals surface area contributed by atoms with E-state index < -0.39 is 0 Å². The number of hydrogen-bond donors (Lipinski definition) is 1. The number of aryl methyl sites for hydroxylation is 1. The van der Waals surface area contributed by atoms with E-state index in [0.29, 0.717) is 12.3 Å². The molecule has 0 saturated heterocycles. The molecular formula is C18H19BrN4OS2. The molecule has 136 valence electrons. The summed E-state index contributed by atoms with van der Waals surface area (Å²) in [5.74, 6) is 1.15. The molecule has 0 radical (unpaired) electrons. The van der Waals surface area contributed by atoms with Gasteiger partial charge in [-0.3, -0.25) is 4.79 Å². The summed E-state index contributed by atoms with van der Waals surface area (Å²) in [6, 6.07) is 12.1. The molecule has 0 spiro atoms. The third kappa shape index (κ3) is 4.55. The van der Waals surface area contributed by atoms with Crippen molar-refractivity contribution in [1.82, 2.24) is 20.1 Å². The van der Waals surface area contributed by atoms with E-state index in [1.54, 1.807) is 11.3 Å². The number of amides is 1. The molecule has 1 N–H and O–H groups in total. The molecule has 0 fully saturated rings. The predicted molar refractivity (Wildman–Crippen MR) is 110 cm³/mol. The Labute approximate surface area is 169 Å². The van der Waals surface area contributed by atoms with Crippen molar-refractivity contribution in [2.75, 3.05) is 5.75 Å². The first-order valence-electron chi connectivity index (χ1n) is 8.21. The highest BCUT2D eigenvalue weighted by molar-refractivity contribution is 9.11. The van der Waals surface area contributed by atoms with Crippen LogP contribution in [0.15, 0.2) is 45.3 Å². The summed E-state index contributed by atoms with van der Waals surface area (Å²) in [7, 11) is 0. The van der Waals surface area contributed by atoms with Crippen molar-refractivity contribution in [3.8, 4) is 11.4 Å². The number of carbonyl (C=O) groups is 1. The maximum atomic E-state index is 12.1. The molecule has 0 aliphatic carbocycles. The van der Waals surface area contributed by atoms with Gasteiger partial charge in [-0.2, -0.15) is 0 Å². The van der Waals surface area contributed by atoms with Crippen molar-refractivity contribution in [3.63, 3.8) is 0 Å². The molecule has 5 nitrogen and oxygen atoms in total. The number of halogens is 1. The van der Waals surface area contributed by atoms with E-state index in [2.05, 4.69) is 55.9 Å². The molecule has 1 aromatic carbocycles. The van der Waals surface area contributed by atoms with Crippen LogP contribution in [-0.4, -0.2) is 26.4 Å². The highest BCUT2D eigenvalue weighted by Gasteiger charge is 2.15. The van der Waals surface area contributed by atoms with Gasteiger partial charge in [0.05, 0.1) is 16.1 Å². The van der Waals surface area contributed by atoms with Gasteiger partial charge in [0.25, 0.3) is 0 Å². The lowest BCUT2D eigenvalue weighted by Gasteiger charge is -2.09. The van der Waals surface area contributed by atoms with Crippen LogP contribution < -0.4 is 5.32 Å². The molecule has 3 rings (SSSR count). The van der Waals surface area contributed by atoms with Crippen LogP contribution in [0.2, 0.25) is 0 Å². The van der Waals surface area contributed by atoms with Crippen molar-refractivity contribution in [1.29, 1.82) is 0 Å². The largest absolute Gasteiger partial charge is 0.350 e. The average molecular weight is 451 g/mol. The highest BCUT2D eigenvalue weighted by Crippen LogP contribution is 2.26. The van der Waals surface area contributed by atoms with Gasteiger partial charge < -0.3 is 9.88 Å². The Bertz CT molecular complexity index is 906. The molecule has 0 atom stereocenters. The molecule has 8 heteroatoms. The highest BCUT2D eigenvalue weighted by atomic mass is 79.9. The number of benzene rings is 1.